The molecule has 3 heteroatoms. The third-order valence-corrected chi connectivity index (χ3v) is 3.73. The molecule has 1 N–H and O–H groups in total. The Morgan fingerprint density at radius 3 is 2.24 bits per heavy atom. The fraction of sp³-hybridized carbons (Fsp3) is 0.786. The molecule has 1 aromatic heterocycles. The van der Waals surface area contributed by atoms with Crippen molar-refractivity contribution in [3.63, 3.8) is 0 Å². The lowest BCUT2D eigenvalue weighted by molar-refractivity contribution is 0.345. The van der Waals surface area contributed by atoms with Crippen LogP contribution in [0.4, 0.5) is 0 Å². The second-order valence-corrected chi connectivity index (χ2v) is 6.19. The lowest BCUT2D eigenvalue weighted by Crippen LogP contribution is -2.27. The Morgan fingerprint density at radius 2 is 1.76 bits per heavy atom. The largest absolute Gasteiger partial charge is 0.317 e. The number of nitrogens with one attached hydrogen (secondary N) is 1. The first-order valence-corrected chi connectivity index (χ1v) is 6.68. The van der Waals surface area contributed by atoms with Crippen molar-refractivity contribution >= 4 is 0 Å². The molecule has 0 unspecified atom stereocenters. The smallest absolute Gasteiger partial charge is 0.0631 e. The van der Waals surface area contributed by atoms with Crippen molar-refractivity contribution in [3.8, 4) is 0 Å². The fourth-order valence-electron chi connectivity index (χ4n) is 3.01. The molecule has 1 aromatic rings. The first kappa shape index (κ1) is 12.6. The topological polar surface area (TPSA) is 29.9 Å². The van der Waals surface area contributed by atoms with E-state index in [1.165, 1.54) is 29.8 Å². The van der Waals surface area contributed by atoms with E-state index in [0.29, 0.717) is 5.92 Å². The summed E-state index contributed by atoms with van der Waals surface area (Å²) in [5, 5.41) is 8.19. The number of hydrogen-bond donors (Lipinski definition) is 1. The molecule has 3 nitrogen and oxygen atoms in total. The van der Waals surface area contributed by atoms with Crippen LogP contribution < -0.4 is 5.32 Å². The number of piperidine rings is 1. The van der Waals surface area contributed by atoms with E-state index in [0.717, 1.165) is 13.1 Å². The molecule has 0 saturated carbocycles. The average Bonchev–Trinajstić information content (AvgIpc) is 2.55. The second kappa shape index (κ2) is 4.45. The minimum atomic E-state index is 0.0833. The molecule has 1 aliphatic heterocycles. The average molecular weight is 235 g/mol. The van der Waals surface area contributed by atoms with Gasteiger partial charge in [-0.15, -0.1) is 0 Å². The number of nitrogens with zero attached hydrogens (tertiary/aromatic N) is 2. The van der Waals surface area contributed by atoms with Gasteiger partial charge in [-0.1, -0.05) is 0 Å². The lowest BCUT2D eigenvalue weighted by Gasteiger charge is -2.25. The van der Waals surface area contributed by atoms with Gasteiger partial charge in [-0.05, 0) is 72.0 Å². The highest BCUT2D eigenvalue weighted by atomic mass is 15.3. The van der Waals surface area contributed by atoms with Crippen molar-refractivity contribution in [1.82, 2.24) is 15.1 Å². The van der Waals surface area contributed by atoms with Crippen LogP contribution in [0, 0.1) is 13.8 Å². The highest BCUT2D eigenvalue weighted by Gasteiger charge is 2.26. The highest BCUT2D eigenvalue weighted by molar-refractivity contribution is 5.30. The number of hydrogen-bond acceptors (Lipinski definition) is 2. The quantitative estimate of drug-likeness (QED) is 0.811. The third-order valence-electron chi connectivity index (χ3n) is 3.73. The first-order chi connectivity index (χ1) is 7.91. The predicted octanol–water partition coefficient (Wildman–Crippen LogP) is 2.72. The summed E-state index contributed by atoms with van der Waals surface area (Å²) in [4.78, 5) is 0. The van der Waals surface area contributed by atoms with E-state index < -0.39 is 0 Å². The van der Waals surface area contributed by atoms with E-state index in [1.807, 2.05) is 0 Å². The summed E-state index contributed by atoms with van der Waals surface area (Å²) >= 11 is 0. The molecule has 0 aliphatic carbocycles. The zero-order valence-corrected chi connectivity index (χ0v) is 11.8. The third kappa shape index (κ3) is 2.39. The van der Waals surface area contributed by atoms with Crippen molar-refractivity contribution in [2.45, 2.75) is 58.9 Å². The Labute approximate surface area is 105 Å². The van der Waals surface area contributed by atoms with E-state index in [9.17, 15) is 0 Å². The molecule has 0 bridgehead atoms. The van der Waals surface area contributed by atoms with Gasteiger partial charge in [0.1, 0.15) is 0 Å². The maximum absolute atomic E-state index is 4.75. The van der Waals surface area contributed by atoms with Crippen LogP contribution in [0.5, 0.6) is 0 Å². The monoisotopic (exact) mass is 235 g/mol. The summed E-state index contributed by atoms with van der Waals surface area (Å²) < 4.78 is 2.19. The number of rotatable bonds is 1. The van der Waals surface area contributed by atoms with Crippen LogP contribution in [-0.2, 0) is 5.54 Å². The molecule has 2 heterocycles. The molecule has 2 rings (SSSR count). The number of aromatic nitrogens is 2. The van der Waals surface area contributed by atoms with Crippen LogP contribution in [0.25, 0.3) is 0 Å². The SMILES string of the molecule is Cc1nn(C(C)(C)C)c(C)c1C1CCNCC1. The molecule has 1 fully saturated rings. The first-order valence-electron chi connectivity index (χ1n) is 6.68. The standard InChI is InChI=1S/C14H25N3/c1-10-13(12-6-8-15-9-7-12)11(2)17(16-10)14(3,4)5/h12,15H,6-9H2,1-5H3. The maximum atomic E-state index is 4.75. The Kier molecular flexibility index (Phi) is 3.30. The van der Waals surface area contributed by atoms with Gasteiger partial charge in [0.15, 0.2) is 0 Å². The number of aryl methyl sites for hydroxylation is 1. The maximum Gasteiger partial charge on any atom is 0.0631 e. The van der Waals surface area contributed by atoms with Crippen molar-refractivity contribution in [3.05, 3.63) is 17.0 Å². The molecule has 0 spiro atoms. The van der Waals surface area contributed by atoms with Crippen LogP contribution in [-0.4, -0.2) is 22.9 Å². The van der Waals surface area contributed by atoms with Crippen molar-refractivity contribution in [1.29, 1.82) is 0 Å². The zero-order chi connectivity index (χ0) is 12.6. The van der Waals surface area contributed by atoms with Gasteiger partial charge in [-0.25, -0.2) is 0 Å². The van der Waals surface area contributed by atoms with Gasteiger partial charge in [0.05, 0.1) is 11.2 Å². The summed E-state index contributed by atoms with van der Waals surface area (Å²) in [6.07, 6.45) is 2.50. The van der Waals surface area contributed by atoms with E-state index in [4.69, 9.17) is 5.10 Å². The van der Waals surface area contributed by atoms with E-state index in [-0.39, 0.29) is 5.54 Å². The van der Waals surface area contributed by atoms with Crippen molar-refractivity contribution < 1.29 is 0 Å². The molecular weight excluding hydrogens is 210 g/mol. The normalized spacial score (nSPS) is 18.6. The van der Waals surface area contributed by atoms with E-state index >= 15 is 0 Å². The molecule has 17 heavy (non-hydrogen) atoms. The van der Waals surface area contributed by atoms with Crippen LogP contribution in [0.15, 0.2) is 0 Å². The highest BCUT2D eigenvalue weighted by Crippen LogP contribution is 2.32. The minimum absolute atomic E-state index is 0.0833. The summed E-state index contributed by atoms with van der Waals surface area (Å²) in [5.41, 5.74) is 4.17. The van der Waals surface area contributed by atoms with E-state index in [1.54, 1.807) is 0 Å². The summed E-state index contributed by atoms with van der Waals surface area (Å²) in [6.45, 7) is 13.3. The summed E-state index contributed by atoms with van der Waals surface area (Å²) in [7, 11) is 0. The van der Waals surface area contributed by atoms with Gasteiger partial charge >= 0.3 is 0 Å². The van der Waals surface area contributed by atoms with Gasteiger partial charge in [-0.2, -0.15) is 5.10 Å². The Bertz CT molecular complexity index is 392. The summed E-state index contributed by atoms with van der Waals surface area (Å²) in [5.74, 6) is 0.701. The van der Waals surface area contributed by atoms with Crippen LogP contribution in [0.3, 0.4) is 0 Å². The van der Waals surface area contributed by atoms with Gasteiger partial charge in [0.25, 0.3) is 0 Å². The molecular formula is C14H25N3. The van der Waals surface area contributed by atoms with Gasteiger partial charge < -0.3 is 5.32 Å². The van der Waals surface area contributed by atoms with Crippen LogP contribution in [0.2, 0.25) is 0 Å². The van der Waals surface area contributed by atoms with Gasteiger partial charge in [0.2, 0.25) is 0 Å². The lowest BCUT2D eigenvalue weighted by atomic mass is 9.88. The van der Waals surface area contributed by atoms with Crippen molar-refractivity contribution in [2.75, 3.05) is 13.1 Å². The molecule has 1 aliphatic rings. The molecule has 0 amide bonds. The molecule has 1 saturated heterocycles. The second-order valence-electron chi connectivity index (χ2n) is 6.19. The fourth-order valence-corrected chi connectivity index (χ4v) is 3.01. The zero-order valence-electron chi connectivity index (χ0n) is 11.8. The predicted molar refractivity (Wildman–Crippen MR) is 71.5 cm³/mol. The van der Waals surface area contributed by atoms with Gasteiger partial charge in [-0.3, -0.25) is 4.68 Å². The summed E-state index contributed by atoms with van der Waals surface area (Å²) in [6, 6.07) is 0. The van der Waals surface area contributed by atoms with Gasteiger partial charge in [0, 0.05) is 5.69 Å². The van der Waals surface area contributed by atoms with Crippen molar-refractivity contribution in [2.24, 2.45) is 0 Å². The Morgan fingerprint density at radius 1 is 1.18 bits per heavy atom. The molecule has 96 valence electrons. The Hall–Kier alpha value is -0.830. The molecule has 0 radical (unpaired) electrons. The van der Waals surface area contributed by atoms with Crippen LogP contribution in [0.1, 0.15) is 56.5 Å². The Balaban J connectivity index is 2.37. The molecule has 0 aromatic carbocycles. The van der Waals surface area contributed by atoms with Crippen LogP contribution >= 0.6 is 0 Å². The van der Waals surface area contributed by atoms with E-state index in [2.05, 4.69) is 44.6 Å². The molecule has 0 atom stereocenters. The minimum Gasteiger partial charge on any atom is -0.317 e.